The fraction of sp³-hybridized carbons (Fsp3) is 0.308. The summed E-state index contributed by atoms with van der Waals surface area (Å²) in [4.78, 5) is 31.6. The highest BCUT2D eigenvalue weighted by atomic mass is 35.5. The number of carbonyl (C=O) groups is 2. The number of amides is 2. The fourth-order valence-corrected chi connectivity index (χ4v) is 5.07. The molecule has 2 aliphatic heterocycles. The van der Waals surface area contributed by atoms with Gasteiger partial charge < -0.3 is 14.9 Å². The highest BCUT2D eigenvalue weighted by molar-refractivity contribution is 6.30. The molecule has 2 unspecified atom stereocenters. The molecule has 0 spiro atoms. The number of nitrogens with zero attached hydrogens (tertiary/aromatic N) is 3. The van der Waals surface area contributed by atoms with E-state index < -0.39 is 6.10 Å². The van der Waals surface area contributed by atoms with Crippen LogP contribution in [0, 0.1) is 5.82 Å². The van der Waals surface area contributed by atoms with E-state index in [2.05, 4.69) is 4.90 Å². The zero-order valence-corrected chi connectivity index (χ0v) is 19.3. The number of fused-ring (bicyclic) bond motifs is 1. The van der Waals surface area contributed by atoms with Crippen LogP contribution in [0.3, 0.4) is 0 Å². The van der Waals surface area contributed by atoms with Crippen LogP contribution < -0.4 is 0 Å². The molecule has 1 N–H and O–H groups in total. The average molecular weight is 482 g/mol. The van der Waals surface area contributed by atoms with Crippen LogP contribution in [0.25, 0.3) is 10.8 Å². The Kier molecular flexibility index (Phi) is 6.25. The Hall–Kier alpha value is -3.00. The molecule has 0 saturated carbocycles. The summed E-state index contributed by atoms with van der Waals surface area (Å²) in [5, 5.41) is 12.3. The zero-order chi connectivity index (χ0) is 23.8. The first kappa shape index (κ1) is 22.8. The largest absolute Gasteiger partial charge is 0.390 e. The topological polar surface area (TPSA) is 64.1 Å². The monoisotopic (exact) mass is 481 g/mol. The van der Waals surface area contributed by atoms with Gasteiger partial charge in [0.2, 0.25) is 0 Å². The first-order valence-electron chi connectivity index (χ1n) is 11.4. The number of rotatable bonds is 3. The summed E-state index contributed by atoms with van der Waals surface area (Å²) in [7, 11) is 0. The molecule has 2 heterocycles. The summed E-state index contributed by atoms with van der Waals surface area (Å²) in [6.07, 6.45) is -0.686. The first-order chi connectivity index (χ1) is 16.4. The lowest BCUT2D eigenvalue weighted by atomic mass is 10.0. The molecule has 0 aromatic heterocycles. The second-order valence-electron chi connectivity index (χ2n) is 8.82. The van der Waals surface area contributed by atoms with Gasteiger partial charge in [-0.25, -0.2) is 4.39 Å². The molecule has 2 aliphatic rings. The molecule has 3 aromatic rings. The van der Waals surface area contributed by atoms with E-state index in [1.807, 2.05) is 0 Å². The Bertz CT molecular complexity index is 1230. The van der Waals surface area contributed by atoms with Crippen molar-refractivity contribution >= 4 is 34.2 Å². The Labute approximate surface area is 202 Å². The van der Waals surface area contributed by atoms with Gasteiger partial charge in [-0.05, 0) is 41.8 Å². The van der Waals surface area contributed by atoms with E-state index in [0.717, 1.165) is 0 Å². The Morgan fingerprint density at radius 3 is 2.21 bits per heavy atom. The van der Waals surface area contributed by atoms with Gasteiger partial charge in [-0.15, -0.1) is 0 Å². The number of hydrogen-bond donors (Lipinski definition) is 1. The minimum Gasteiger partial charge on any atom is -0.390 e. The Morgan fingerprint density at radius 2 is 1.50 bits per heavy atom. The first-order valence-corrected chi connectivity index (χ1v) is 11.7. The molecule has 2 saturated heterocycles. The number of aliphatic hydroxyl groups excluding tert-OH is 1. The quantitative estimate of drug-likeness (QED) is 0.623. The van der Waals surface area contributed by atoms with E-state index >= 15 is 0 Å². The lowest BCUT2D eigenvalue weighted by molar-refractivity contribution is 0.0376. The molecule has 0 bridgehead atoms. The van der Waals surface area contributed by atoms with Crippen LogP contribution in [0.5, 0.6) is 0 Å². The predicted octanol–water partition coefficient (Wildman–Crippen LogP) is 3.28. The minimum absolute atomic E-state index is 0.0386. The normalized spacial score (nSPS) is 21.3. The van der Waals surface area contributed by atoms with Gasteiger partial charge in [0.15, 0.2) is 0 Å². The number of hydrogen-bond acceptors (Lipinski definition) is 4. The van der Waals surface area contributed by atoms with Crippen molar-refractivity contribution in [2.24, 2.45) is 0 Å². The van der Waals surface area contributed by atoms with E-state index in [1.54, 1.807) is 58.3 Å². The molecule has 176 valence electrons. The van der Waals surface area contributed by atoms with Crippen molar-refractivity contribution in [3.05, 3.63) is 82.6 Å². The van der Waals surface area contributed by atoms with Crippen molar-refractivity contribution in [2.45, 2.75) is 12.1 Å². The molecule has 2 amide bonds. The molecule has 8 heteroatoms. The summed E-state index contributed by atoms with van der Waals surface area (Å²) < 4.78 is 14.2. The van der Waals surface area contributed by atoms with Crippen molar-refractivity contribution in [3.63, 3.8) is 0 Å². The number of halogens is 2. The van der Waals surface area contributed by atoms with Crippen molar-refractivity contribution in [3.8, 4) is 0 Å². The third-order valence-electron chi connectivity index (χ3n) is 6.81. The van der Waals surface area contributed by atoms with Crippen LogP contribution in [0.1, 0.15) is 20.7 Å². The minimum atomic E-state index is -0.686. The number of benzene rings is 3. The molecule has 3 aromatic carbocycles. The molecule has 5 rings (SSSR count). The molecule has 2 atom stereocenters. The van der Waals surface area contributed by atoms with E-state index in [1.165, 1.54) is 12.1 Å². The van der Waals surface area contributed by atoms with Gasteiger partial charge in [-0.2, -0.15) is 0 Å². The Balaban J connectivity index is 1.24. The lowest BCUT2D eigenvalue weighted by Crippen LogP contribution is -2.54. The second-order valence-corrected chi connectivity index (χ2v) is 9.26. The smallest absolute Gasteiger partial charge is 0.254 e. The highest BCUT2D eigenvalue weighted by Gasteiger charge is 2.39. The molecular formula is C26H25ClFN3O3. The van der Waals surface area contributed by atoms with Gasteiger partial charge >= 0.3 is 0 Å². The van der Waals surface area contributed by atoms with Gasteiger partial charge in [0.25, 0.3) is 11.8 Å². The van der Waals surface area contributed by atoms with E-state index in [0.29, 0.717) is 59.6 Å². The van der Waals surface area contributed by atoms with Crippen LogP contribution >= 0.6 is 11.6 Å². The van der Waals surface area contributed by atoms with Crippen molar-refractivity contribution in [1.29, 1.82) is 0 Å². The standard InChI is InChI=1S/C26H25ClFN3O3/c27-18-7-5-17(6-8-18)25(33)30-13-11-29(12-14-30)23-15-31(16-24(23)32)26(34)21-9-10-22(28)20-4-2-1-3-19(20)21/h1-10,23-24,32H,11-16H2. The summed E-state index contributed by atoms with van der Waals surface area (Å²) in [6.45, 7) is 2.92. The summed E-state index contributed by atoms with van der Waals surface area (Å²) in [5.74, 6) is -0.616. The number of β-amino-alcohol motifs (C(OH)–C–C–N with tert-alkyl or cyclic N) is 1. The summed E-state index contributed by atoms with van der Waals surface area (Å²) in [5.41, 5.74) is 1.03. The van der Waals surface area contributed by atoms with Crippen molar-refractivity contribution in [2.75, 3.05) is 39.3 Å². The molecule has 34 heavy (non-hydrogen) atoms. The predicted molar refractivity (Wildman–Crippen MR) is 129 cm³/mol. The van der Waals surface area contributed by atoms with Gasteiger partial charge in [-0.3, -0.25) is 14.5 Å². The SMILES string of the molecule is O=C(c1ccc(Cl)cc1)N1CCN(C2CN(C(=O)c3ccc(F)c4ccccc34)CC2O)CC1. The van der Waals surface area contributed by atoms with E-state index in [4.69, 9.17) is 11.6 Å². The molecule has 6 nitrogen and oxygen atoms in total. The fourth-order valence-electron chi connectivity index (χ4n) is 4.94. The maximum atomic E-state index is 14.2. The van der Waals surface area contributed by atoms with Crippen LogP contribution in [-0.2, 0) is 0 Å². The maximum Gasteiger partial charge on any atom is 0.254 e. The number of likely N-dealkylation sites (tertiary alicyclic amines) is 1. The molecule has 0 aliphatic carbocycles. The average Bonchev–Trinajstić information content (AvgIpc) is 3.26. The van der Waals surface area contributed by atoms with Gasteiger partial charge in [-0.1, -0.05) is 35.9 Å². The molecule has 0 radical (unpaired) electrons. The number of piperazine rings is 1. The number of carbonyl (C=O) groups excluding carboxylic acids is 2. The third-order valence-corrected chi connectivity index (χ3v) is 7.06. The zero-order valence-electron chi connectivity index (χ0n) is 18.5. The van der Waals surface area contributed by atoms with Crippen LogP contribution in [0.4, 0.5) is 4.39 Å². The van der Waals surface area contributed by atoms with E-state index in [9.17, 15) is 19.1 Å². The van der Waals surface area contributed by atoms with Crippen molar-refractivity contribution < 1.29 is 19.1 Å². The Morgan fingerprint density at radius 1 is 0.824 bits per heavy atom. The van der Waals surface area contributed by atoms with E-state index in [-0.39, 0.29) is 30.2 Å². The van der Waals surface area contributed by atoms with Crippen molar-refractivity contribution in [1.82, 2.24) is 14.7 Å². The van der Waals surface area contributed by atoms with Gasteiger partial charge in [0.1, 0.15) is 5.82 Å². The second kappa shape index (κ2) is 9.33. The molecular weight excluding hydrogens is 457 g/mol. The maximum absolute atomic E-state index is 14.2. The summed E-state index contributed by atoms with van der Waals surface area (Å²) >= 11 is 5.92. The highest BCUT2D eigenvalue weighted by Crippen LogP contribution is 2.26. The third kappa shape index (κ3) is 4.27. The lowest BCUT2D eigenvalue weighted by Gasteiger charge is -2.38. The summed E-state index contributed by atoms with van der Waals surface area (Å²) in [6, 6.07) is 16.4. The van der Waals surface area contributed by atoms with Crippen LogP contribution in [-0.4, -0.2) is 83.0 Å². The van der Waals surface area contributed by atoms with Crippen LogP contribution in [0.2, 0.25) is 5.02 Å². The van der Waals surface area contributed by atoms with Gasteiger partial charge in [0.05, 0.1) is 12.1 Å². The van der Waals surface area contributed by atoms with Crippen LogP contribution in [0.15, 0.2) is 60.7 Å². The molecule has 2 fully saturated rings. The number of aliphatic hydroxyl groups is 1. The van der Waals surface area contributed by atoms with Gasteiger partial charge in [0, 0.05) is 60.8 Å².